The summed E-state index contributed by atoms with van der Waals surface area (Å²) in [5.74, 6) is 1.82. The van der Waals surface area contributed by atoms with Gasteiger partial charge in [-0.1, -0.05) is 11.3 Å². The zero-order valence-electron chi connectivity index (χ0n) is 18.5. The smallest absolute Gasteiger partial charge is 0.231 e. The van der Waals surface area contributed by atoms with Gasteiger partial charge in [0.1, 0.15) is 22.0 Å². The lowest BCUT2D eigenvalue weighted by atomic mass is 9.97. The number of aryl methyl sites for hydroxylation is 2. The van der Waals surface area contributed by atoms with Crippen molar-refractivity contribution < 1.29 is 9.53 Å². The van der Waals surface area contributed by atoms with Gasteiger partial charge in [0.2, 0.25) is 11.0 Å². The SMILES string of the molecule is O=C(Nc1nncs1)C1CCCN(c2nc(CN3CCOCC3)nc3sc4c(c23)CCC4)C1. The molecule has 2 saturated heterocycles. The van der Waals surface area contributed by atoms with E-state index in [2.05, 4.69) is 25.3 Å². The van der Waals surface area contributed by atoms with E-state index in [1.165, 1.54) is 33.6 Å². The van der Waals surface area contributed by atoms with Crippen molar-refractivity contribution in [3.05, 3.63) is 21.8 Å². The summed E-state index contributed by atoms with van der Waals surface area (Å²) in [7, 11) is 0. The van der Waals surface area contributed by atoms with E-state index in [1.807, 2.05) is 11.3 Å². The number of nitrogens with zero attached hydrogens (tertiary/aromatic N) is 6. The molecule has 1 aliphatic carbocycles. The van der Waals surface area contributed by atoms with E-state index in [0.29, 0.717) is 11.7 Å². The van der Waals surface area contributed by atoms with E-state index in [1.54, 1.807) is 5.51 Å². The van der Waals surface area contributed by atoms with Crippen LogP contribution in [0, 0.1) is 5.92 Å². The van der Waals surface area contributed by atoms with Gasteiger partial charge in [-0.3, -0.25) is 9.69 Å². The van der Waals surface area contributed by atoms with Crippen LogP contribution in [0.5, 0.6) is 0 Å². The van der Waals surface area contributed by atoms with Crippen LogP contribution >= 0.6 is 22.7 Å². The summed E-state index contributed by atoms with van der Waals surface area (Å²) >= 11 is 3.18. The lowest BCUT2D eigenvalue weighted by molar-refractivity contribution is -0.120. The Morgan fingerprint density at radius 2 is 2.09 bits per heavy atom. The summed E-state index contributed by atoms with van der Waals surface area (Å²) in [6, 6.07) is 0. The molecule has 0 radical (unpaired) electrons. The van der Waals surface area contributed by atoms with Crippen LogP contribution in [0.3, 0.4) is 0 Å². The highest BCUT2D eigenvalue weighted by molar-refractivity contribution is 7.19. The number of hydrogen-bond acceptors (Lipinski definition) is 10. The maximum absolute atomic E-state index is 12.9. The lowest BCUT2D eigenvalue weighted by Crippen LogP contribution is -2.41. The van der Waals surface area contributed by atoms with Crippen molar-refractivity contribution in [2.45, 2.75) is 38.6 Å². The minimum absolute atomic E-state index is 0.0193. The Morgan fingerprint density at radius 1 is 1.18 bits per heavy atom. The highest BCUT2D eigenvalue weighted by Crippen LogP contribution is 2.41. The van der Waals surface area contributed by atoms with Gasteiger partial charge >= 0.3 is 0 Å². The number of carbonyl (C=O) groups excluding carboxylic acids is 1. The van der Waals surface area contributed by atoms with Gasteiger partial charge in [-0.25, -0.2) is 9.97 Å². The summed E-state index contributed by atoms with van der Waals surface area (Å²) in [6.07, 6.45) is 5.28. The summed E-state index contributed by atoms with van der Waals surface area (Å²) in [4.78, 5) is 30.3. The third-order valence-electron chi connectivity index (χ3n) is 6.74. The van der Waals surface area contributed by atoms with Gasteiger partial charge in [-0.15, -0.1) is 21.5 Å². The number of thiophene rings is 1. The first-order valence-corrected chi connectivity index (χ1v) is 13.4. The van der Waals surface area contributed by atoms with Crippen molar-refractivity contribution in [1.82, 2.24) is 25.1 Å². The first kappa shape index (κ1) is 21.3. The average Bonchev–Trinajstić information content (AvgIpc) is 3.57. The largest absolute Gasteiger partial charge is 0.379 e. The number of rotatable bonds is 5. The van der Waals surface area contributed by atoms with Crippen LogP contribution in [0.25, 0.3) is 10.2 Å². The quantitative estimate of drug-likeness (QED) is 0.589. The zero-order valence-corrected chi connectivity index (χ0v) is 20.1. The second kappa shape index (κ2) is 9.21. The van der Waals surface area contributed by atoms with Crippen LogP contribution in [0.2, 0.25) is 0 Å². The molecular weight excluding hydrogens is 458 g/mol. The first-order valence-electron chi connectivity index (χ1n) is 11.7. The molecule has 174 valence electrons. The van der Waals surface area contributed by atoms with Gasteiger partial charge in [-0.05, 0) is 37.7 Å². The van der Waals surface area contributed by atoms with Crippen LogP contribution in [0.15, 0.2) is 5.51 Å². The van der Waals surface area contributed by atoms with E-state index in [0.717, 1.165) is 81.5 Å². The Balaban J connectivity index is 1.30. The summed E-state index contributed by atoms with van der Waals surface area (Å²) < 4.78 is 5.51. The Bertz CT molecular complexity index is 1140. The molecule has 1 atom stereocenters. The van der Waals surface area contributed by atoms with E-state index >= 15 is 0 Å². The molecule has 1 unspecified atom stereocenters. The maximum atomic E-state index is 12.9. The number of piperidine rings is 1. The molecule has 3 aromatic rings. The Labute approximate surface area is 200 Å². The van der Waals surface area contributed by atoms with Gasteiger partial charge in [0, 0.05) is 31.1 Å². The van der Waals surface area contributed by atoms with Crippen molar-refractivity contribution in [3.63, 3.8) is 0 Å². The minimum Gasteiger partial charge on any atom is -0.379 e. The molecular formula is C22H27N7O2S2. The summed E-state index contributed by atoms with van der Waals surface area (Å²) in [5.41, 5.74) is 3.07. The third-order valence-corrected chi connectivity index (χ3v) is 8.53. The summed E-state index contributed by atoms with van der Waals surface area (Å²) in [6.45, 7) is 5.67. The van der Waals surface area contributed by atoms with Gasteiger partial charge < -0.3 is 15.0 Å². The van der Waals surface area contributed by atoms with E-state index in [4.69, 9.17) is 14.7 Å². The fraction of sp³-hybridized carbons (Fsp3) is 0.591. The maximum Gasteiger partial charge on any atom is 0.231 e. The number of morpholine rings is 1. The van der Waals surface area contributed by atoms with Gasteiger partial charge in [0.25, 0.3) is 0 Å². The average molecular weight is 486 g/mol. The number of fused-ring (bicyclic) bond motifs is 3. The van der Waals surface area contributed by atoms with Gasteiger partial charge in [-0.2, -0.15) is 0 Å². The monoisotopic (exact) mass is 485 g/mol. The molecule has 0 saturated carbocycles. The van der Waals surface area contributed by atoms with Crippen molar-refractivity contribution >= 4 is 49.7 Å². The Kier molecular flexibility index (Phi) is 5.95. The number of aromatic nitrogens is 4. The van der Waals surface area contributed by atoms with Crippen molar-refractivity contribution in [2.75, 3.05) is 49.6 Å². The van der Waals surface area contributed by atoms with E-state index in [-0.39, 0.29) is 11.8 Å². The third kappa shape index (κ3) is 4.34. The lowest BCUT2D eigenvalue weighted by Gasteiger charge is -2.33. The molecule has 3 aliphatic rings. The second-order valence-electron chi connectivity index (χ2n) is 8.91. The molecule has 3 aromatic heterocycles. The fourth-order valence-electron chi connectivity index (χ4n) is 5.10. The van der Waals surface area contributed by atoms with Crippen molar-refractivity contribution in [3.8, 4) is 0 Å². The standard InChI is InChI=1S/C22H27N7O2S2/c30-20(26-22-27-23-13-32-22)14-3-2-6-29(11-14)19-18-15-4-1-5-16(15)33-21(18)25-17(24-19)12-28-7-9-31-10-8-28/h13-14H,1-12H2,(H,26,27,30). The molecule has 1 amide bonds. The molecule has 0 bridgehead atoms. The number of carbonyl (C=O) groups is 1. The Morgan fingerprint density at radius 3 is 2.94 bits per heavy atom. The zero-order chi connectivity index (χ0) is 22.2. The normalized spacial score (nSPS) is 21.5. The topological polar surface area (TPSA) is 96.4 Å². The molecule has 0 aromatic carbocycles. The van der Waals surface area contributed by atoms with Crippen LogP contribution in [-0.4, -0.2) is 70.4 Å². The fourth-order valence-corrected chi connectivity index (χ4v) is 6.82. The molecule has 1 N–H and O–H groups in total. The molecule has 0 spiro atoms. The molecule has 2 fully saturated rings. The summed E-state index contributed by atoms with van der Waals surface area (Å²) in [5, 5.41) is 12.5. The van der Waals surface area contributed by atoms with Gasteiger partial charge in [0.05, 0.1) is 31.1 Å². The highest BCUT2D eigenvalue weighted by atomic mass is 32.1. The minimum atomic E-state index is -0.0953. The first-order chi connectivity index (χ1) is 16.2. The molecule has 33 heavy (non-hydrogen) atoms. The van der Waals surface area contributed by atoms with Crippen molar-refractivity contribution in [1.29, 1.82) is 0 Å². The molecule has 11 heteroatoms. The highest BCUT2D eigenvalue weighted by Gasteiger charge is 2.31. The second-order valence-corrected chi connectivity index (χ2v) is 10.8. The predicted molar refractivity (Wildman–Crippen MR) is 129 cm³/mol. The number of hydrogen-bond donors (Lipinski definition) is 1. The molecule has 5 heterocycles. The number of amides is 1. The van der Waals surface area contributed by atoms with Crippen LogP contribution in [0.1, 0.15) is 35.5 Å². The molecule has 9 nitrogen and oxygen atoms in total. The van der Waals surface area contributed by atoms with Crippen LogP contribution in [0.4, 0.5) is 10.9 Å². The van der Waals surface area contributed by atoms with E-state index < -0.39 is 0 Å². The molecule has 2 aliphatic heterocycles. The van der Waals surface area contributed by atoms with Crippen molar-refractivity contribution in [2.24, 2.45) is 5.92 Å². The van der Waals surface area contributed by atoms with E-state index in [9.17, 15) is 4.79 Å². The number of nitrogens with one attached hydrogen (secondary N) is 1. The Hall–Kier alpha value is -2.21. The van der Waals surface area contributed by atoms with Crippen LogP contribution < -0.4 is 10.2 Å². The van der Waals surface area contributed by atoms with Gasteiger partial charge in [0.15, 0.2) is 0 Å². The molecule has 6 rings (SSSR count). The number of anilines is 2. The number of ether oxygens (including phenoxy) is 1. The predicted octanol–water partition coefficient (Wildman–Crippen LogP) is 2.72. The van der Waals surface area contributed by atoms with Crippen LogP contribution in [-0.2, 0) is 28.9 Å².